The Morgan fingerprint density at radius 2 is 2.30 bits per heavy atom. The number of nitrogens with one attached hydrogen (secondary N) is 1. The van der Waals surface area contributed by atoms with E-state index in [1.807, 2.05) is 6.07 Å². The molecule has 0 fully saturated rings. The van der Waals surface area contributed by atoms with Crippen molar-refractivity contribution < 1.29 is 14.6 Å². The van der Waals surface area contributed by atoms with Gasteiger partial charge in [0.2, 0.25) is 0 Å². The number of ether oxygens (including phenoxy) is 1. The summed E-state index contributed by atoms with van der Waals surface area (Å²) in [4.78, 5) is 12.1. The Bertz CT molecular complexity index is 833. The predicted octanol–water partition coefficient (Wildman–Crippen LogP) is 1.78. The normalized spacial score (nSPS) is 12.9. The summed E-state index contributed by atoms with van der Waals surface area (Å²) in [6.45, 7) is 0.769. The van der Waals surface area contributed by atoms with E-state index in [0.717, 1.165) is 24.9 Å². The summed E-state index contributed by atoms with van der Waals surface area (Å²) in [6, 6.07) is 5.23. The Hall–Kier alpha value is -3.14. The minimum absolute atomic E-state index is 0.0879. The van der Waals surface area contributed by atoms with Crippen molar-refractivity contribution in [3.63, 3.8) is 0 Å². The number of nitriles is 1. The minimum atomic E-state index is -0.616. The molecule has 0 saturated carbocycles. The first-order chi connectivity index (χ1) is 11.1. The van der Waals surface area contributed by atoms with Crippen LogP contribution >= 0.6 is 0 Å². The van der Waals surface area contributed by atoms with E-state index >= 15 is 0 Å². The molecule has 1 aromatic carbocycles. The van der Waals surface area contributed by atoms with Crippen molar-refractivity contribution >= 4 is 17.3 Å². The first kappa shape index (κ1) is 14.8. The zero-order valence-corrected chi connectivity index (χ0v) is 12.6. The van der Waals surface area contributed by atoms with Gasteiger partial charge in [0.15, 0.2) is 5.69 Å². The number of hydrogen-bond acceptors (Lipinski definition) is 6. The highest BCUT2D eigenvalue weighted by Crippen LogP contribution is 2.37. The van der Waals surface area contributed by atoms with Gasteiger partial charge in [0.05, 0.1) is 29.7 Å². The van der Waals surface area contributed by atoms with E-state index in [9.17, 15) is 15.2 Å². The zero-order chi connectivity index (χ0) is 16.6. The zero-order valence-electron chi connectivity index (χ0n) is 12.6. The Labute approximate surface area is 132 Å². The van der Waals surface area contributed by atoms with Crippen LogP contribution in [0, 0.1) is 11.3 Å². The molecule has 4 N–H and O–H groups in total. The van der Waals surface area contributed by atoms with Gasteiger partial charge in [-0.15, -0.1) is 0 Å². The number of aromatic nitrogens is 1. The second-order valence-electron chi connectivity index (χ2n) is 5.27. The highest BCUT2D eigenvalue weighted by atomic mass is 16.5. The van der Waals surface area contributed by atoms with Crippen molar-refractivity contribution in [1.29, 1.82) is 5.26 Å². The van der Waals surface area contributed by atoms with Gasteiger partial charge in [0.25, 0.3) is 0 Å². The molecule has 7 heteroatoms. The lowest BCUT2D eigenvalue weighted by Gasteiger charge is -2.23. The van der Waals surface area contributed by atoms with Crippen LogP contribution in [0.3, 0.4) is 0 Å². The molecule has 0 radical (unpaired) electrons. The number of rotatable bonds is 2. The number of nitrogen functional groups attached to an aromatic ring is 1. The summed E-state index contributed by atoms with van der Waals surface area (Å²) in [7, 11) is 1.26. The van der Waals surface area contributed by atoms with Crippen molar-refractivity contribution in [2.75, 3.05) is 24.7 Å². The fourth-order valence-electron chi connectivity index (χ4n) is 2.88. The maximum absolute atomic E-state index is 12.1. The molecule has 7 nitrogen and oxygen atoms in total. The monoisotopic (exact) mass is 312 g/mol. The van der Waals surface area contributed by atoms with Gasteiger partial charge in [-0.3, -0.25) is 0 Å². The third kappa shape index (κ3) is 2.25. The van der Waals surface area contributed by atoms with Crippen LogP contribution in [0.4, 0.5) is 11.4 Å². The molecule has 3 rings (SSSR count). The summed E-state index contributed by atoms with van der Waals surface area (Å²) in [5, 5.41) is 22.4. The van der Waals surface area contributed by atoms with E-state index in [1.54, 1.807) is 16.7 Å². The van der Waals surface area contributed by atoms with E-state index in [2.05, 4.69) is 5.32 Å². The molecule has 0 bridgehead atoms. The largest absolute Gasteiger partial charge is 0.506 e. The van der Waals surface area contributed by atoms with Gasteiger partial charge in [-0.2, -0.15) is 5.26 Å². The molecule has 0 atom stereocenters. The molecule has 0 unspecified atom stereocenters. The summed E-state index contributed by atoms with van der Waals surface area (Å²) in [5.41, 5.74) is 8.55. The van der Waals surface area contributed by atoms with E-state index < -0.39 is 5.97 Å². The molecule has 118 valence electrons. The number of esters is 1. The Balaban J connectivity index is 2.28. The van der Waals surface area contributed by atoms with Gasteiger partial charge < -0.3 is 25.5 Å². The fourth-order valence-corrected chi connectivity index (χ4v) is 2.88. The number of hydrogen-bond donors (Lipinski definition) is 3. The van der Waals surface area contributed by atoms with Crippen LogP contribution in [0.5, 0.6) is 5.75 Å². The van der Waals surface area contributed by atoms with E-state index in [1.165, 1.54) is 13.3 Å². The van der Waals surface area contributed by atoms with Crippen LogP contribution in [0.15, 0.2) is 18.3 Å². The van der Waals surface area contributed by atoms with Crippen molar-refractivity contribution in [3.05, 3.63) is 35.2 Å². The van der Waals surface area contributed by atoms with Crippen LogP contribution in [-0.2, 0) is 11.2 Å². The molecule has 23 heavy (non-hydrogen) atoms. The van der Waals surface area contributed by atoms with Gasteiger partial charge in [-0.25, -0.2) is 4.79 Å². The van der Waals surface area contributed by atoms with E-state index in [4.69, 9.17) is 10.5 Å². The topological polar surface area (TPSA) is 113 Å². The second-order valence-corrected chi connectivity index (χ2v) is 5.27. The number of nitrogens with two attached hydrogens (primary N) is 1. The molecule has 0 saturated heterocycles. The van der Waals surface area contributed by atoms with Crippen LogP contribution in [-0.4, -0.2) is 29.3 Å². The summed E-state index contributed by atoms with van der Waals surface area (Å²) < 4.78 is 6.35. The average molecular weight is 312 g/mol. The van der Waals surface area contributed by atoms with Crippen LogP contribution in [0.2, 0.25) is 0 Å². The maximum Gasteiger partial charge on any atom is 0.357 e. The van der Waals surface area contributed by atoms with Gasteiger partial charge in [-0.05, 0) is 25.0 Å². The number of aromatic hydroxyl groups is 1. The number of phenolic OH excluding ortho intramolecular Hbond substituents is 1. The quantitative estimate of drug-likeness (QED) is 0.575. The molecular weight excluding hydrogens is 296 g/mol. The average Bonchev–Trinajstić information content (AvgIpc) is 2.91. The number of nitrogens with zero attached hydrogens (tertiary/aromatic N) is 2. The SMILES string of the molecule is COC(=O)c1c(N)c(C#N)cn1-c1ccc(O)c2c1CCCN2. The number of fused-ring (bicyclic) bond motifs is 1. The molecule has 0 amide bonds. The molecular formula is C16H16N4O3. The highest BCUT2D eigenvalue weighted by molar-refractivity contribution is 5.96. The van der Waals surface area contributed by atoms with Gasteiger partial charge in [-0.1, -0.05) is 0 Å². The van der Waals surface area contributed by atoms with Crippen molar-refractivity contribution in [1.82, 2.24) is 4.57 Å². The Kier molecular flexibility index (Phi) is 3.58. The van der Waals surface area contributed by atoms with Crippen LogP contribution < -0.4 is 11.1 Å². The number of methoxy groups -OCH3 is 1. The maximum atomic E-state index is 12.1. The van der Waals surface area contributed by atoms with E-state index in [0.29, 0.717) is 11.4 Å². The van der Waals surface area contributed by atoms with Crippen LogP contribution in [0.1, 0.15) is 28.0 Å². The number of carbonyl (C=O) groups is 1. The number of benzene rings is 1. The van der Waals surface area contributed by atoms with Gasteiger partial charge >= 0.3 is 5.97 Å². The Morgan fingerprint density at radius 1 is 1.52 bits per heavy atom. The Morgan fingerprint density at radius 3 is 3.00 bits per heavy atom. The molecule has 2 heterocycles. The number of phenols is 1. The fraction of sp³-hybridized carbons (Fsp3) is 0.250. The molecule has 0 spiro atoms. The van der Waals surface area contributed by atoms with Gasteiger partial charge in [0, 0.05) is 18.3 Å². The first-order valence-electron chi connectivity index (χ1n) is 7.16. The first-order valence-corrected chi connectivity index (χ1v) is 7.16. The lowest BCUT2D eigenvalue weighted by molar-refractivity contribution is 0.0593. The summed E-state index contributed by atoms with van der Waals surface area (Å²) >= 11 is 0. The lowest BCUT2D eigenvalue weighted by atomic mass is 10.0. The third-order valence-electron chi connectivity index (χ3n) is 3.97. The summed E-state index contributed by atoms with van der Waals surface area (Å²) in [6.07, 6.45) is 3.16. The molecule has 1 aliphatic heterocycles. The molecule has 2 aromatic rings. The third-order valence-corrected chi connectivity index (χ3v) is 3.97. The number of anilines is 2. The predicted molar refractivity (Wildman–Crippen MR) is 84.7 cm³/mol. The number of carbonyl (C=O) groups excluding carboxylic acids is 1. The molecule has 1 aliphatic rings. The van der Waals surface area contributed by atoms with Crippen LogP contribution in [0.25, 0.3) is 5.69 Å². The standard InChI is InChI=1S/C16H16N4O3/c1-23-16(22)15-13(18)9(7-17)8-20(15)11-4-5-12(21)14-10(11)3-2-6-19-14/h4-5,8,19,21H,2-3,6,18H2,1H3. The lowest BCUT2D eigenvalue weighted by Crippen LogP contribution is -2.17. The minimum Gasteiger partial charge on any atom is -0.506 e. The highest BCUT2D eigenvalue weighted by Gasteiger charge is 2.25. The second kappa shape index (κ2) is 5.57. The van der Waals surface area contributed by atoms with E-state index in [-0.39, 0.29) is 22.7 Å². The smallest absolute Gasteiger partial charge is 0.357 e. The van der Waals surface area contributed by atoms with Crippen molar-refractivity contribution in [2.24, 2.45) is 0 Å². The van der Waals surface area contributed by atoms with Crippen molar-refractivity contribution in [3.8, 4) is 17.5 Å². The van der Waals surface area contributed by atoms with Crippen molar-refractivity contribution in [2.45, 2.75) is 12.8 Å². The molecule has 1 aromatic heterocycles. The van der Waals surface area contributed by atoms with Gasteiger partial charge in [0.1, 0.15) is 11.8 Å². The summed E-state index contributed by atoms with van der Waals surface area (Å²) in [5.74, 6) is -0.460. The molecule has 0 aliphatic carbocycles.